The first-order valence-corrected chi connectivity index (χ1v) is 7.34. The Balaban J connectivity index is 2.28. The Bertz CT molecular complexity index is 440. The molecule has 1 aliphatic heterocycles. The monoisotopic (exact) mass is 278 g/mol. The predicted molar refractivity (Wildman–Crippen MR) is 81.6 cm³/mol. The van der Waals surface area contributed by atoms with E-state index in [1.807, 2.05) is 6.07 Å². The van der Waals surface area contributed by atoms with E-state index >= 15 is 0 Å². The van der Waals surface area contributed by atoms with Crippen LogP contribution in [0.2, 0.25) is 0 Å². The lowest BCUT2D eigenvalue weighted by Gasteiger charge is -2.41. The van der Waals surface area contributed by atoms with Gasteiger partial charge in [0.15, 0.2) is 11.5 Å². The van der Waals surface area contributed by atoms with E-state index in [-0.39, 0.29) is 5.41 Å². The van der Waals surface area contributed by atoms with Crippen LogP contribution >= 0.6 is 0 Å². The molecule has 4 heteroatoms. The third kappa shape index (κ3) is 2.76. The largest absolute Gasteiger partial charge is 0.493 e. The highest BCUT2D eigenvalue weighted by Gasteiger charge is 2.35. The Morgan fingerprint density at radius 2 is 1.80 bits per heavy atom. The zero-order valence-electron chi connectivity index (χ0n) is 12.8. The molecule has 0 unspecified atom stereocenters. The number of benzene rings is 1. The number of hydrogen-bond donors (Lipinski definition) is 1. The van der Waals surface area contributed by atoms with Crippen molar-refractivity contribution in [1.82, 2.24) is 4.90 Å². The Kier molecular flexibility index (Phi) is 4.89. The van der Waals surface area contributed by atoms with Crippen LogP contribution in [0.5, 0.6) is 11.5 Å². The second-order valence-corrected chi connectivity index (χ2v) is 5.49. The van der Waals surface area contributed by atoms with Crippen LogP contribution in [0, 0.1) is 0 Å². The van der Waals surface area contributed by atoms with E-state index in [1.54, 1.807) is 14.2 Å². The topological polar surface area (TPSA) is 47.7 Å². The molecule has 1 fully saturated rings. The third-order valence-electron chi connectivity index (χ3n) is 4.65. The van der Waals surface area contributed by atoms with Crippen molar-refractivity contribution in [3.8, 4) is 11.5 Å². The van der Waals surface area contributed by atoms with Gasteiger partial charge in [-0.05, 0) is 50.2 Å². The van der Waals surface area contributed by atoms with Crippen molar-refractivity contribution in [1.29, 1.82) is 0 Å². The van der Waals surface area contributed by atoms with Gasteiger partial charge in [-0.1, -0.05) is 13.0 Å². The SMILES string of the molecule is CCN1CCC(CN)(c2ccc(OC)c(OC)c2)CC1. The molecule has 1 aliphatic rings. The van der Waals surface area contributed by atoms with Gasteiger partial charge >= 0.3 is 0 Å². The number of ether oxygens (including phenoxy) is 2. The fourth-order valence-corrected chi connectivity index (χ4v) is 3.07. The molecule has 0 radical (unpaired) electrons. The summed E-state index contributed by atoms with van der Waals surface area (Å²) < 4.78 is 10.7. The normalized spacial score (nSPS) is 18.8. The van der Waals surface area contributed by atoms with E-state index in [1.165, 1.54) is 5.56 Å². The summed E-state index contributed by atoms with van der Waals surface area (Å²) in [6.07, 6.45) is 2.21. The molecule has 0 aromatic heterocycles. The van der Waals surface area contributed by atoms with Gasteiger partial charge < -0.3 is 20.1 Å². The average Bonchev–Trinajstić information content (AvgIpc) is 2.54. The van der Waals surface area contributed by atoms with Crippen molar-refractivity contribution in [2.75, 3.05) is 40.4 Å². The van der Waals surface area contributed by atoms with Gasteiger partial charge in [0.25, 0.3) is 0 Å². The summed E-state index contributed by atoms with van der Waals surface area (Å²) in [5.74, 6) is 1.56. The van der Waals surface area contributed by atoms with Gasteiger partial charge in [0, 0.05) is 12.0 Å². The van der Waals surface area contributed by atoms with Crippen molar-refractivity contribution >= 4 is 0 Å². The van der Waals surface area contributed by atoms with Crippen LogP contribution in [-0.2, 0) is 5.41 Å². The molecular formula is C16H26N2O2. The summed E-state index contributed by atoms with van der Waals surface area (Å²) in [7, 11) is 3.34. The number of nitrogens with zero attached hydrogens (tertiary/aromatic N) is 1. The maximum absolute atomic E-state index is 6.13. The zero-order valence-corrected chi connectivity index (χ0v) is 12.8. The minimum absolute atomic E-state index is 0.0746. The summed E-state index contributed by atoms with van der Waals surface area (Å²) in [6, 6.07) is 6.21. The molecule has 1 saturated heterocycles. The van der Waals surface area contributed by atoms with E-state index in [0.29, 0.717) is 6.54 Å². The van der Waals surface area contributed by atoms with Crippen LogP contribution in [0.15, 0.2) is 18.2 Å². The Morgan fingerprint density at radius 1 is 1.15 bits per heavy atom. The molecule has 1 aromatic carbocycles. The van der Waals surface area contributed by atoms with Crippen molar-refractivity contribution in [3.05, 3.63) is 23.8 Å². The summed E-state index contributed by atoms with van der Waals surface area (Å²) >= 11 is 0. The second-order valence-electron chi connectivity index (χ2n) is 5.49. The highest BCUT2D eigenvalue weighted by molar-refractivity contribution is 5.45. The van der Waals surface area contributed by atoms with Gasteiger partial charge in [-0.25, -0.2) is 0 Å². The lowest BCUT2D eigenvalue weighted by Crippen LogP contribution is -2.46. The molecule has 1 heterocycles. The van der Waals surface area contributed by atoms with E-state index in [4.69, 9.17) is 15.2 Å². The van der Waals surface area contributed by atoms with Crippen molar-refractivity contribution in [3.63, 3.8) is 0 Å². The van der Waals surface area contributed by atoms with Gasteiger partial charge in [-0.3, -0.25) is 0 Å². The van der Waals surface area contributed by atoms with Crippen LogP contribution in [0.25, 0.3) is 0 Å². The minimum Gasteiger partial charge on any atom is -0.493 e. The molecule has 0 bridgehead atoms. The Morgan fingerprint density at radius 3 is 2.30 bits per heavy atom. The standard InChI is InChI=1S/C16H26N2O2/c1-4-18-9-7-16(12-17,8-10-18)13-5-6-14(19-2)15(11-13)20-3/h5-6,11H,4,7-10,12,17H2,1-3H3. The third-order valence-corrected chi connectivity index (χ3v) is 4.65. The number of rotatable bonds is 5. The van der Waals surface area contributed by atoms with Crippen molar-refractivity contribution < 1.29 is 9.47 Å². The molecule has 112 valence electrons. The molecule has 0 amide bonds. The van der Waals surface area contributed by atoms with Gasteiger partial charge in [-0.15, -0.1) is 0 Å². The number of hydrogen-bond acceptors (Lipinski definition) is 4. The molecule has 0 saturated carbocycles. The van der Waals surface area contributed by atoms with E-state index in [2.05, 4.69) is 24.0 Å². The van der Waals surface area contributed by atoms with Crippen molar-refractivity contribution in [2.24, 2.45) is 5.73 Å². The maximum Gasteiger partial charge on any atom is 0.161 e. The minimum atomic E-state index is 0.0746. The number of methoxy groups -OCH3 is 2. The highest BCUT2D eigenvalue weighted by Crippen LogP contribution is 2.38. The molecule has 0 spiro atoms. The van der Waals surface area contributed by atoms with Crippen molar-refractivity contribution in [2.45, 2.75) is 25.2 Å². The Labute approximate surface area is 121 Å². The quantitative estimate of drug-likeness (QED) is 0.895. The van der Waals surface area contributed by atoms with Crippen LogP contribution in [0.1, 0.15) is 25.3 Å². The summed E-state index contributed by atoms with van der Waals surface area (Å²) in [5, 5.41) is 0. The van der Waals surface area contributed by atoms with Gasteiger partial charge in [0.2, 0.25) is 0 Å². The average molecular weight is 278 g/mol. The smallest absolute Gasteiger partial charge is 0.161 e. The number of piperidine rings is 1. The lowest BCUT2D eigenvalue weighted by atomic mass is 9.72. The van der Waals surface area contributed by atoms with E-state index in [9.17, 15) is 0 Å². The van der Waals surface area contributed by atoms with Crippen LogP contribution in [0.3, 0.4) is 0 Å². The number of likely N-dealkylation sites (tertiary alicyclic amines) is 1. The van der Waals surface area contributed by atoms with Crippen LogP contribution in [0.4, 0.5) is 0 Å². The van der Waals surface area contributed by atoms with Gasteiger partial charge in [0.1, 0.15) is 0 Å². The van der Waals surface area contributed by atoms with Gasteiger partial charge in [-0.2, -0.15) is 0 Å². The van der Waals surface area contributed by atoms with E-state index in [0.717, 1.165) is 44.0 Å². The van der Waals surface area contributed by atoms with E-state index < -0.39 is 0 Å². The van der Waals surface area contributed by atoms with Crippen LogP contribution < -0.4 is 15.2 Å². The highest BCUT2D eigenvalue weighted by atomic mass is 16.5. The molecular weight excluding hydrogens is 252 g/mol. The fraction of sp³-hybridized carbons (Fsp3) is 0.625. The van der Waals surface area contributed by atoms with Gasteiger partial charge in [0.05, 0.1) is 14.2 Å². The zero-order chi connectivity index (χ0) is 14.6. The first kappa shape index (κ1) is 15.1. The molecule has 0 atom stereocenters. The first-order valence-electron chi connectivity index (χ1n) is 7.34. The first-order chi connectivity index (χ1) is 9.69. The summed E-state index contributed by atoms with van der Waals surface area (Å²) in [4.78, 5) is 2.48. The fourth-order valence-electron chi connectivity index (χ4n) is 3.07. The second kappa shape index (κ2) is 6.46. The molecule has 4 nitrogen and oxygen atoms in total. The number of nitrogens with two attached hydrogens (primary N) is 1. The molecule has 2 N–H and O–H groups in total. The lowest BCUT2D eigenvalue weighted by molar-refractivity contribution is 0.169. The molecule has 1 aromatic rings. The maximum atomic E-state index is 6.13. The summed E-state index contributed by atoms with van der Waals surface area (Å²) in [5.41, 5.74) is 7.47. The molecule has 2 rings (SSSR count). The predicted octanol–water partition coefficient (Wildman–Crippen LogP) is 2.02. The summed E-state index contributed by atoms with van der Waals surface area (Å²) in [6.45, 7) is 6.24. The Hall–Kier alpha value is -1.26. The molecule has 0 aliphatic carbocycles. The molecule has 20 heavy (non-hydrogen) atoms. The van der Waals surface area contributed by atoms with Crippen LogP contribution in [-0.4, -0.2) is 45.3 Å².